The first-order valence-electron chi connectivity index (χ1n) is 4.80. The Kier molecular flexibility index (Phi) is 4.20. The Morgan fingerprint density at radius 2 is 2.07 bits per heavy atom. The first-order chi connectivity index (χ1) is 6.72. The van der Waals surface area contributed by atoms with E-state index in [0.29, 0.717) is 6.61 Å². The van der Waals surface area contributed by atoms with E-state index in [1.165, 1.54) is 5.56 Å². The van der Waals surface area contributed by atoms with Crippen molar-refractivity contribution in [1.82, 2.24) is 0 Å². The van der Waals surface area contributed by atoms with Crippen LogP contribution in [0.3, 0.4) is 0 Å². The third-order valence-electron chi connectivity index (χ3n) is 1.85. The maximum absolute atomic E-state index is 5.70. The highest BCUT2D eigenvalue weighted by Gasteiger charge is 1.98. The summed E-state index contributed by atoms with van der Waals surface area (Å²) in [4.78, 5) is 0. The van der Waals surface area contributed by atoms with Crippen molar-refractivity contribution in [3.05, 3.63) is 42.5 Å². The normalized spacial score (nSPS) is 12.1. The van der Waals surface area contributed by atoms with Gasteiger partial charge in [-0.15, -0.1) is 0 Å². The minimum absolute atomic E-state index is 0.204. The van der Waals surface area contributed by atoms with Crippen LogP contribution in [0.4, 0.5) is 0 Å². The summed E-state index contributed by atoms with van der Waals surface area (Å²) in [6.45, 7) is 6.14. The summed E-state index contributed by atoms with van der Waals surface area (Å²) < 4.78 is 5.37. The SMILES string of the molecule is C=CCOc1ccc(CC(C)N)cc1. The standard InChI is InChI=1S/C12H17NO/c1-3-8-14-12-6-4-11(5-7-12)9-10(2)13/h3-7,10H,1,8-9,13H2,2H3. The highest BCUT2D eigenvalue weighted by Crippen LogP contribution is 2.12. The zero-order valence-electron chi connectivity index (χ0n) is 8.57. The summed E-state index contributed by atoms with van der Waals surface area (Å²) in [5.74, 6) is 0.873. The van der Waals surface area contributed by atoms with Gasteiger partial charge in [0.15, 0.2) is 0 Å². The van der Waals surface area contributed by atoms with E-state index >= 15 is 0 Å². The number of hydrogen-bond acceptors (Lipinski definition) is 2. The van der Waals surface area contributed by atoms with Crippen LogP contribution < -0.4 is 10.5 Å². The first-order valence-corrected chi connectivity index (χ1v) is 4.80. The first kappa shape index (κ1) is 10.8. The lowest BCUT2D eigenvalue weighted by Gasteiger charge is -2.06. The molecule has 1 rings (SSSR count). The number of nitrogens with two attached hydrogens (primary N) is 1. The molecule has 0 aliphatic rings. The Morgan fingerprint density at radius 1 is 1.43 bits per heavy atom. The Bertz CT molecular complexity index is 277. The molecule has 1 atom stereocenters. The average molecular weight is 191 g/mol. The lowest BCUT2D eigenvalue weighted by molar-refractivity contribution is 0.363. The summed E-state index contributed by atoms with van der Waals surface area (Å²) >= 11 is 0. The second-order valence-corrected chi connectivity index (χ2v) is 3.43. The molecular formula is C12H17NO. The number of hydrogen-bond donors (Lipinski definition) is 1. The van der Waals surface area contributed by atoms with Gasteiger partial charge in [0.2, 0.25) is 0 Å². The lowest BCUT2D eigenvalue weighted by atomic mass is 10.1. The van der Waals surface area contributed by atoms with Gasteiger partial charge >= 0.3 is 0 Å². The van der Waals surface area contributed by atoms with Gasteiger partial charge in [0.25, 0.3) is 0 Å². The van der Waals surface area contributed by atoms with E-state index in [1.54, 1.807) is 6.08 Å². The van der Waals surface area contributed by atoms with Gasteiger partial charge in [0.05, 0.1) is 0 Å². The van der Waals surface area contributed by atoms with Crippen LogP contribution in [0.5, 0.6) is 5.75 Å². The van der Waals surface area contributed by atoms with Crippen LogP contribution in [0.1, 0.15) is 12.5 Å². The lowest BCUT2D eigenvalue weighted by Crippen LogP contribution is -2.17. The molecule has 1 unspecified atom stereocenters. The van der Waals surface area contributed by atoms with E-state index in [-0.39, 0.29) is 6.04 Å². The monoisotopic (exact) mass is 191 g/mol. The molecule has 76 valence electrons. The predicted octanol–water partition coefficient (Wildman–Crippen LogP) is 2.14. The zero-order valence-corrected chi connectivity index (χ0v) is 8.57. The molecule has 0 spiro atoms. The third-order valence-corrected chi connectivity index (χ3v) is 1.85. The van der Waals surface area contributed by atoms with Crippen molar-refractivity contribution in [3.8, 4) is 5.75 Å². The quantitative estimate of drug-likeness (QED) is 0.724. The van der Waals surface area contributed by atoms with E-state index in [2.05, 4.69) is 6.58 Å². The second-order valence-electron chi connectivity index (χ2n) is 3.43. The van der Waals surface area contributed by atoms with Crippen LogP contribution >= 0.6 is 0 Å². The summed E-state index contributed by atoms with van der Waals surface area (Å²) in [6.07, 6.45) is 2.64. The van der Waals surface area contributed by atoms with Gasteiger partial charge in [-0.25, -0.2) is 0 Å². The highest BCUT2D eigenvalue weighted by molar-refractivity contribution is 5.27. The van der Waals surface area contributed by atoms with E-state index < -0.39 is 0 Å². The molecule has 2 N–H and O–H groups in total. The molecule has 0 saturated carbocycles. The highest BCUT2D eigenvalue weighted by atomic mass is 16.5. The molecule has 0 aromatic heterocycles. The van der Waals surface area contributed by atoms with Crippen molar-refractivity contribution in [2.45, 2.75) is 19.4 Å². The Morgan fingerprint density at radius 3 is 2.57 bits per heavy atom. The van der Waals surface area contributed by atoms with Crippen LogP contribution in [0, 0.1) is 0 Å². The molecule has 0 aliphatic carbocycles. The van der Waals surface area contributed by atoms with E-state index in [0.717, 1.165) is 12.2 Å². The van der Waals surface area contributed by atoms with Crippen LogP contribution in [0.2, 0.25) is 0 Å². The van der Waals surface area contributed by atoms with Crippen molar-refractivity contribution >= 4 is 0 Å². The maximum atomic E-state index is 5.70. The Labute approximate surface area is 85.4 Å². The Hall–Kier alpha value is -1.28. The minimum Gasteiger partial charge on any atom is -0.490 e. The van der Waals surface area contributed by atoms with Gasteiger partial charge in [0.1, 0.15) is 12.4 Å². The molecule has 0 bridgehead atoms. The molecule has 0 radical (unpaired) electrons. The van der Waals surface area contributed by atoms with Crippen molar-refractivity contribution in [1.29, 1.82) is 0 Å². The van der Waals surface area contributed by atoms with Crippen molar-refractivity contribution in [2.24, 2.45) is 5.73 Å². The van der Waals surface area contributed by atoms with Crippen LogP contribution in [-0.2, 0) is 6.42 Å². The molecule has 0 aliphatic heterocycles. The second kappa shape index (κ2) is 5.45. The number of benzene rings is 1. The summed E-state index contributed by atoms with van der Waals surface area (Å²) in [5, 5.41) is 0. The molecule has 2 nitrogen and oxygen atoms in total. The largest absolute Gasteiger partial charge is 0.490 e. The third kappa shape index (κ3) is 3.62. The van der Waals surface area contributed by atoms with Crippen molar-refractivity contribution in [2.75, 3.05) is 6.61 Å². The van der Waals surface area contributed by atoms with Gasteiger partial charge in [-0.05, 0) is 31.0 Å². The minimum atomic E-state index is 0.204. The van der Waals surface area contributed by atoms with Crippen LogP contribution in [0.25, 0.3) is 0 Å². The summed E-state index contributed by atoms with van der Waals surface area (Å²) in [7, 11) is 0. The molecular weight excluding hydrogens is 174 g/mol. The van der Waals surface area contributed by atoms with Gasteiger partial charge in [0, 0.05) is 6.04 Å². The van der Waals surface area contributed by atoms with Crippen LogP contribution in [-0.4, -0.2) is 12.6 Å². The molecule has 0 saturated heterocycles. The topological polar surface area (TPSA) is 35.2 Å². The molecule has 1 aromatic rings. The van der Waals surface area contributed by atoms with E-state index in [9.17, 15) is 0 Å². The van der Waals surface area contributed by atoms with Gasteiger partial charge < -0.3 is 10.5 Å². The molecule has 0 fully saturated rings. The molecule has 1 aromatic carbocycles. The predicted molar refractivity (Wildman–Crippen MR) is 59.5 cm³/mol. The average Bonchev–Trinajstić information content (AvgIpc) is 2.16. The molecule has 2 heteroatoms. The molecule has 0 amide bonds. The van der Waals surface area contributed by atoms with E-state index in [1.807, 2.05) is 31.2 Å². The van der Waals surface area contributed by atoms with Gasteiger partial charge in [-0.2, -0.15) is 0 Å². The molecule has 0 heterocycles. The Balaban J connectivity index is 2.54. The number of ether oxygens (including phenoxy) is 1. The maximum Gasteiger partial charge on any atom is 0.119 e. The fourth-order valence-electron chi connectivity index (χ4n) is 1.25. The van der Waals surface area contributed by atoms with E-state index in [4.69, 9.17) is 10.5 Å². The fourth-order valence-corrected chi connectivity index (χ4v) is 1.25. The van der Waals surface area contributed by atoms with Crippen LogP contribution in [0.15, 0.2) is 36.9 Å². The molecule has 14 heavy (non-hydrogen) atoms. The smallest absolute Gasteiger partial charge is 0.119 e. The number of rotatable bonds is 5. The van der Waals surface area contributed by atoms with Gasteiger partial charge in [-0.1, -0.05) is 24.8 Å². The van der Waals surface area contributed by atoms with Crippen molar-refractivity contribution in [3.63, 3.8) is 0 Å². The van der Waals surface area contributed by atoms with Crippen molar-refractivity contribution < 1.29 is 4.74 Å². The van der Waals surface area contributed by atoms with Gasteiger partial charge in [-0.3, -0.25) is 0 Å². The summed E-state index contributed by atoms with van der Waals surface area (Å²) in [6, 6.07) is 8.21. The fraction of sp³-hybridized carbons (Fsp3) is 0.333. The summed E-state index contributed by atoms with van der Waals surface area (Å²) in [5.41, 5.74) is 6.94. The zero-order chi connectivity index (χ0) is 10.4.